The standard InChI is InChI=1S/C27H25ClN6O2S/c1-3-36-21-10-8-18(9-11-21)24-23(25(35)31-20-12-14-29-15-13-20)17(2)30-26-32-27(33-34(24)26)37-16-19-6-4-5-7-22(19)28/h4-15,24H,3,16H2,1-2H3,(H,29,31,35)(H,30,32,33). The Balaban J connectivity index is 1.49. The molecule has 2 N–H and O–H groups in total. The Hall–Kier alpha value is -3.82. The minimum Gasteiger partial charge on any atom is -0.494 e. The highest BCUT2D eigenvalue weighted by Gasteiger charge is 2.34. The van der Waals surface area contributed by atoms with Gasteiger partial charge in [0.15, 0.2) is 0 Å². The van der Waals surface area contributed by atoms with Gasteiger partial charge in [0.2, 0.25) is 11.1 Å². The summed E-state index contributed by atoms with van der Waals surface area (Å²) in [5.41, 5.74) is 3.79. The van der Waals surface area contributed by atoms with E-state index >= 15 is 0 Å². The van der Waals surface area contributed by atoms with Crippen LogP contribution in [-0.4, -0.2) is 32.3 Å². The molecule has 4 aromatic rings. The smallest absolute Gasteiger partial charge is 0.255 e. The zero-order valence-electron chi connectivity index (χ0n) is 20.3. The van der Waals surface area contributed by atoms with Gasteiger partial charge in [-0.2, -0.15) is 4.98 Å². The third kappa shape index (κ3) is 5.47. The van der Waals surface area contributed by atoms with Crippen LogP contribution in [0.4, 0.5) is 11.6 Å². The Kier molecular flexibility index (Phi) is 7.43. The van der Waals surface area contributed by atoms with Crippen molar-refractivity contribution in [2.75, 3.05) is 17.2 Å². The third-order valence-corrected chi connectivity index (χ3v) is 7.09. The number of aromatic nitrogens is 4. The lowest BCUT2D eigenvalue weighted by molar-refractivity contribution is -0.113. The van der Waals surface area contributed by atoms with Crippen LogP contribution < -0.4 is 15.4 Å². The molecule has 0 aliphatic carbocycles. The van der Waals surface area contributed by atoms with Crippen molar-refractivity contribution in [1.82, 2.24) is 19.7 Å². The van der Waals surface area contributed by atoms with Crippen LogP contribution in [0, 0.1) is 0 Å². The molecule has 2 aromatic heterocycles. The molecule has 0 saturated heterocycles. The molecule has 1 aliphatic rings. The first-order chi connectivity index (χ1) is 18.0. The molecule has 8 nitrogen and oxygen atoms in total. The van der Waals surface area contributed by atoms with Crippen molar-refractivity contribution in [2.45, 2.75) is 30.8 Å². The quantitative estimate of drug-likeness (QED) is 0.271. The number of thioether (sulfide) groups is 1. The Morgan fingerprint density at radius 1 is 1.14 bits per heavy atom. The van der Waals surface area contributed by atoms with Gasteiger partial charge in [0.1, 0.15) is 11.8 Å². The average Bonchev–Trinajstić information content (AvgIpc) is 3.31. The molecule has 10 heteroatoms. The molecule has 0 bridgehead atoms. The summed E-state index contributed by atoms with van der Waals surface area (Å²) in [6.07, 6.45) is 3.27. The molecule has 1 unspecified atom stereocenters. The second-order valence-electron chi connectivity index (χ2n) is 8.30. The van der Waals surface area contributed by atoms with Crippen molar-refractivity contribution in [3.05, 3.63) is 100 Å². The van der Waals surface area contributed by atoms with Crippen molar-refractivity contribution in [2.24, 2.45) is 0 Å². The zero-order valence-corrected chi connectivity index (χ0v) is 21.9. The van der Waals surface area contributed by atoms with Crippen molar-refractivity contribution < 1.29 is 9.53 Å². The van der Waals surface area contributed by atoms with Crippen LogP contribution in [-0.2, 0) is 10.5 Å². The van der Waals surface area contributed by atoms with Gasteiger partial charge in [0, 0.05) is 34.6 Å². The van der Waals surface area contributed by atoms with Gasteiger partial charge < -0.3 is 15.4 Å². The maximum atomic E-state index is 13.6. The summed E-state index contributed by atoms with van der Waals surface area (Å²) in [6.45, 7) is 4.39. The highest BCUT2D eigenvalue weighted by molar-refractivity contribution is 7.98. The Bertz CT molecular complexity index is 1440. The molecule has 188 valence electrons. The second kappa shape index (κ2) is 11.1. The third-order valence-electron chi connectivity index (χ3n) is 5.84. The van der Waals surface area contributed by atoms with Gasteiger partial charge in [0.05, 0.1) is 12.2 Å². The lowest BCUT2D eigenvalue weighted by Crippen LogP contribution is -2.31. The molecule has 1 amide bonds. The number of allylic oxidation sites excluding steroid dienone is 1. The van der Waals surface area contributed by atoms with Gasteiger partial charge >= 0.3 is 0 Å². The molecule has 0 radical (unpaired) electrons. The monoisotopic (exact) mass is 532 g/mol. The van der Waals surface area contributed by atoms with E-state index < -0.39 is 6.04 Å². The minimum absolute atomic E-state index is 0.235. The predicted octanol–water partition coefficient (Wildman–Crippen LogP) is 5.95. The maximum Gasteiger partial charge on any atom is 0.255 e. The van der Waals surface area contributed by atoms with E-state index in [1.54, 1.807) is 29.2 Å². The van der Waals surface area contributed by atoms with E-state index in [0.717, 1.165) is 16.9 Å². The summed E-state index contributed by atoms with van der Waals surface area (Å²) in [5, 5.41) is 12.3. The molecule has 3 heterocycles. The van der Waals surface area contributed by atoms with E-state index in [4.69, 9.17) is 26.4 Å². The number of nitrogens with zero attached hydrogens (tertiary/aromatic N) is 4. The summed E-state index contributed by atoms with van der Waals surface area (Å²) in [4.78, 5) is 22.3. The van der Waals surface area contributed by atoms with Crippen LogP contribution in [0.2, 0.25) is 5.02 Å². The number of hydrogen-bond donors (Lipinski definition) is 2. The number of rotatable bonds is 8. The van der Waals surface area contributed by atoms with E-state index in [2.05, 4.69) is 15.6 Å². The number of carbonyl (C=O) groups excluding carboxylic acids is 1. The molecule has 5 rings (SSSR count). The second-order valence-corrected chi connectivity index (χ2v) is 9.65. The van der Waals surface area contributed by atoms with Crippen molar-refractivity contribution >= 4 is 40.9 Å². The zero-order chi connectivity index (χ0) is 25.8. The fourth-order valence-electron chi connectivity index (χ4n) is 4.10. The first-order valence-corrected chi connectivity index (χ1v) is 13.1. The van der Waals surface area contributed by atoms with Crippen LogP contribution in [0.5, 0.6) is 5.75 Å². The topological polar surface area (TPSA) is 94.0 Å². The molecule has 1 aliphatic heterocycles. The SMILES string of the molecule is CCOc1ccc(C2C(C(=O)Nc3ccncc3)=C(C)Nc3nc(SCc4ccccc4Cl)nn32)cc1. The van der Waals surface area contributed by atoms with Gasteiger partial charge in [-0.05, 0) is 55.3 Å². The van der Waals surface area contributed by atoms with E-state index in [-0.39, 0.29) is 5.91 Å². The summed E-state index contributed by atoms with van der Waals surface area (Å²) < 4.78 is 7.38. The number of amides is 1. The summed E-state index contributed by atoms with van der Waals surface area (Å²) >= 11 is 7.82. The fourth-order valence-corrected chi connectivity index (χ4v) is 5.21. The highest BCUT2D eigenvalue weighted by atomic mass is 35.5. The normalized spacial score (nSPS) is 14.6. The Morgan fingerprint density at radius 2 is 1.89 bits per heavy atom. The Morgan fingerprint density at radius 3 is 2.62 bits per heavy atom. The summed E-state index contributed by atoms with van der Waals surface area (Å²) in [5.74, 6) is 1.72. The number of pyridine rings is 1. The van der Waals surface area contributed by atoms with E-state index in [0.29, 0.717) is 45.4 Å². The van der Waals surface area contributed by atoms with Gasteiger partial charge in [-0.25, -0.2) is 4.68 Å². The lowest BCUT2D eigenvalue weighted by atomic mass is 9.95. The van der Waals surface area contributed by atoms with Crippen molar-refractivity contribution in [3.8, 4) is 5.75 Å². The van der Waals surface area contributed by atoms with E-state index in [1.165, 1.54) is 11.8 Å². The van der Waals surface area contributed by atoms with E-state index in [9.17, 15) is 4.79 Å². The first kappa shape index (κ1) is 24.9. The van der Waals surface area contributed by atoms with Gasteiger partial charge in [0.25, 0.3) is 5.91 Å². The van der Waals surface area contributed by atoms with Gasteiger partial charge in [-0.3, -0.25) is 9.78 Å². The minimum atomic E-state index is -0.490. The number of anilines is 2. The van der Waals surface area contributed by atoms with Gasteiger partial charge in [-0.1, -0.05) is 53.7 Å². The van der Waals surface area contributed by atoms with Crippen molar-refractivity contribution in [3.63, 3.8) is 0 Å². The molecular weight excluding hydrogens is 508 g/mol. The summed E-state index contributed by atoms with van der Waals surface area (Å²) in [7, 11) is 0. The van der Waals surface area contributed by atoms with Crippen LogP contribution in [0.1, 0.15) is 31.0 Å². The van der Waals surface area contributed by atoms with Gasteiger partial charge in [-0.15, -0.1) is 5.10 Å². The maximum absolute atomic E-state index is 13.6. The lowest BCUT2D eigenvalue weighted by Gasteiger charge is -2.28. The molecule has 0 saturated carbocycles. The van der Waals surface area contributed by atoms with Crippen LogP contribution in [0.15, 0.2) is 89.5 Å². The average molecular weight is 533 g/mol. The summed E-state index contributed by atoms with van der Waals surface area (Å²) in [6, 6.07) is 18.4. The van der Waals surface area contributed by atoms with Crippen LogP contribution in [0.25, 0.3) is 0 Å². The first-order valence-electron chi connectivity index (χ1n) is 11.8. The molecule has 37 heavy (non-hydrogen) atoms. The molecule has 1 atom stereocenters. The predicted molar refractivity (Wildman–Crippen MR) is 146 cm³/mol. The number of hydrogen-bond acceptors (Lipinski definition) is 7. The number of ether oxygens (including phenoxy) is 1. The van der Waals surface area contributed by atoms with Crippen LogP contribution >= 0.6 is 23.4 Å². The Labute approximate surface area is 224 Å². The van der Waals surface area contributed by atoms with Crippen LogP contribution in [0.3, 0.4) is 0 Å². The highest BCUT2D eigenvalue weighted by Crippen LogP contribution is 2.37. The number of fused-ring (bicyclic) bond motifs is 1. The molecule has 2 aromatic carbocycles. The number of carbonyl (C=O) groups is 1. The number of benzene rings is 2. The fraction of sp³-hybridized carbons (Fsp3) is 0.185. The molecular formula is C27H25ClN6O2S. The molecule has 0 fully saturated rings. The number of nitrogens with one attached hydrogen (secondary N) is 2. The largest absolute Gasteiger partial charge is 0.494 e. The number of halogens is 1. The van der Waals surface area contributed by atoms with E-state index in [1.807, 2.05) is 62.4 Å². The van der Waals surface area contributed by atoms with Crippen molar-refractivity contribution in [1.29, 1.82) is 0 Å². The molecule has 0 spiro atoms.